The molecule has 130 valence electrons. The first-order chi connectivity index (χ1) is 12.6. The van der Waals surface area contributed by atoms with Gasteiger partial charge in [0.05, 0.1) is 19.2 Å². The Hall–Kier alpha value is -3.34. The Kier molecular flexibility index (Phi) is 3.84. The summed E-state index contributed by atoms with van der Waals surface area (Å²) in [5, 5.41) is 1.84. The Morgan fingerprint density at radius 1 is 1.15 bits per heavy atom. The number of fused-ring (bicyclic) bond motifs is 2. The number of ketones is 1. The molecule has 4 aromatic rings. The number of aromatic nitrogens is 2. The largest absolute Gasteiger partial charge is 0.497 e. The first-order valence-electron chi connectivity index (χ1n) is 8.35. The number of methoxy groups -OCH3 is 1. The maximum Gasteiger partial charge on any atom is 0.253 e. The number of ether oxygens (including phenoxy) is 1. The number of rotatable bonds is 4. The summed E-state index contributed by atoms with van der Waals surface area (Å²) in [6.07, 6.45) is 1.82. The lowest BCUT2D eigenvalue weighted by Gasteiger charge is -2.07. The van der Waals surface area contributed by atoms with Gasteiger partial charge in [0.25, 0.3) is 5.56 Å². The lowest BCUT2D eigenvalue weighted by Crippen LogP contribution is -2.15. The lowest BCUT2D eigenvalue weighted by atomic mass is 10.1. The number of hydrogen-bond donors (Lipinski definition) is 1. The zero-order valence-electron chi connectivity index (χ0n) is 14.6. The number of Topliss-reactive ketones (excluding diaryl/α,β-unsaturated/α-hetero) is 1. The number of benzene rings is 2. The molecular weight excluding hydrogens is 328 g/mol. The monoisotopic (exact) mass is 346 g/mol. The highest BCUT2D eigenvalue weighted by Crippen LogP contribution is 2.23. The number of nitrogens with one attached hydrogen (secondary N) is 1. The Balaban J connectivity index is 1.83. The van der Waals surface area contributed by atoms with Gasteiger partial charge < -0.3 is 14.3 Å². The van der Waals surface area contributed by atoms with Crippen molar-refractivity contribution in [3.63, 3.8) is 0 Å². The minimum atomic E-state index is -0.145. The van der Waals surface area contributed by atoms with Gasteiger partial charge in [-0.3, -0.25) is 9.59 Å². The van der Waals surface area contributed by atoms with E-state index in [0.717, 1.165) is 21.8 Å². The smallest absolute Gasteiger partial charge is 0.253 e. The van der Waals surface area contributed by atoms with Crippen molar-refractivity contribution in [2.24, 2.45) is 0 Å². The summed E-state index contributed by atoms with van der Waals surface area (Å²) >= 11 is 0. The molecule has 0 saturated heterocycles. The van der Waals surface area contributed by atoms with E-state index in [2.05, 4.69) is 4.98 Å². The maximum atomic E-state index is 12.5. The normalized spacial score (nSPS) is 11.2. The molecule has 5 nitrogen and oxygen atoms in total. The molecule has 1 N–H and O–H groups in total. The molecule has 0 aliphatic rings. The van der Waals surface area contributed by atoms with Crippen LogP contribution in [0, 0.1) is 0 Å². The van der Waals surface area contributed by atoms with E-state index in [4.69, 9.17) is 4.74 Å². The fraction of sp³-hybridized carbons (Fsp3) is 0.143. The highest BCUT2D eigenvalue weighted by atomic mass is 16.5. The van der Waals surface area contributed by atoms with Gasteiger partial charge in [-0.2, -0.15) is 0 Å². The van der Waals surface area contributed by atoms with Crippen molar-refractivity contribution in [1.82, 2.24) is 9.55 Å². The van der Waals surface area contributed by atoms with Crippen molar-refractivity contribution in [3.05, 3.63) is 76.2 Å². The third-order valence-electron chi connectivity index (χ3n) is 4.64. The molecule has 2 heterocycles. The molecular formula is C21H18N2O3. The lowest BCUT2D eigenvalue weighted by molar-refractivity contribution is 0.101. The molecule has 0 aliphatic carbocycles. The van der Waals surface area contributed by atoms with E-state index in [1.807, 2.05) is 53.2 Å². The summed E-state index contributed by atoms with van der Waals surface area (Å²) in [6.45, 7) is 1.95. The summed E-state index contributed by atoms with van der Waals surface area (Å²) in [6, 6.07) is 15.2. The Morgan fingerprint density at radius 3 is 2.73 bits per heavy atom. The second-order valence-electron chi connectivity index (χ2n) is 6.32. The van der Waals surface area contributed by atoms with E-state index in [1.54, 1.807) is 20.1 Å². The van der Waals surface area contributed by atoms with E-state index in [1.165, 1.54) is 0 Å². The number of aromatic amines is 1. The van der Waals surface area contributed by atoms with Crippen LogP contribution in [0.15, 0.2) is 59.5 Å². The predicted octanol–water partition coefficient (Wildman–Crippen LogP) is 3.74. The van der Waals surface area contributed by atoms with Crippen LogP contribution in [-0.4, -0.2) is 22.4 Å². The summed E-state index contributed by atoms with van der Waals surface area (Å²) in [5.74, 6) is 0.711. The van der Waals surface area contributed by atoms with Crippen LogP contribution in [0.2, 0.25) is 0 Å². The van der Waals surface area contributed by atoms with Crippen molar-refractivity contribution in [2.75, 3.05) is 7.11 Å². The third-order valence-corrected chi connectivity index (χ3v) is 4.64. The van der Waals surface area contributed by atoms with E-state index >= 15 is 0 Å². The number of carbonyl (C=O) groups is 1. The first kappa shape index (κ1) is 16.1. The standard InChI is InChI=1S/C21H18N2O3/c1-13(24)18-12-23(20-6-4-3-5-17(18)20)11-15-9-14-7-8-16(26-2)10-19(14)22-21(15)25/h3-10,12H,11H2,1-2H3,(H,22,25). The fourth-order valence-corrected chi connectivity index (χ4v) is 3.31. The van der Waals surface area contributed by atoms with Crippen LogP contribution in [0.5, 0.6) is 5.75 Å². The molecule has 0 spiro atoms. The van der Waals surface area contributed by atoms with E-state index < -0.39 is 0 Å². The molecule has 26 heavy (non-hydrogen) atoms. The van der Waals surface area contributed by atoms with Gasteiger partial charge >= 0.3 is 0 Å². The van der Waals surface area contributed by atoms with E-state index in [-0.39, 0.29) is 11.3 Å². The molecule has 0 aliphatic heterocycles. The molecule has 2 aromatic carbocycles. The molecule has 2 aromatic heterocycles. The number of para-hydroxylation sites is 1. The quantitative estimate of drug-likeness (QED) is 0.573. The topological polar surface area (TPSA) is 64.1 Å². The Bertz CT molecular complexity index is 1200. The van der Waals surface area contributed by atoms with Gasteiger partial charge in [0.2, 0.25) is 0 Å². The van der Waals surface area contributed by atoms with Crippen molar-refractivity contribution < 1.29 is 9.53 Å². The molecule has 0 saturated carbocycles. The average molecular weight is 346 g/mol. The van der Waals surface area contributed by atoms with Crippen LogP contribution in [0.1, 0.15) is 22.8 Å². The maximum absolute atomic E-state index is 12.5. The first-order valence-corrected chi connectivity index (χ1v) is 8.35. The zero-order valence-corrected chi connectivity index (χ0v) is 14.6. The molecule has 0 bridgehead atoms. The van der Waals surface area contributed by atoms with Gasteiger partial charge in [-0.05, 0) is 36.6 Å². The number of carbonyl (C=O) groups excluding carboxylic acids is 1. The second-order valence-corrected chi connectivity index (χ2v) is 6.32. The summed E-state index contributed by atoms with van der Waals surface area (Å²) in [4.78, 5) is 27.4. The molecule has 5 heteroatoms. The molecule has 0 radical (unpaired) electrons. The van der Waals surface area contributed by atoms with Crippen molar-refractivity contribution in [2.45, 2.75) is 13.5 Å². The molecule has 0 amide bonds. The number of H-pyrrole nitrogens is 1. The Morgan fingerprint density at radius 2 is 1.96 bits per heavy atom. The van der Waals surface area contributed by atoms with Crippen LogP contribution < -0.4 is 10.3 Å². The summed E-state index contributed by atoms with van der Waals surface area (Å²) < 4.78 is 7.15. The molecule has 0 unspecified atom stereocenters. The number of nitrogens with zero attached hydrogens (tertiary/aromatic N) is 1. The van der Waals surface area contributed by atoms with Crippen molar-refractivity contribution >= 4 is 27.6 Å². The van der Waals surface area contributed by atoms with Crippen molar-refractivity contribution in [3.8, 4) is 5.75 Å². The molecule has 4 rings (SSSR count). The van der Waals surface area contributed by atoms with Crippen LogP contribution in [-0.2, 0) is 6.54 Å². The number of hydrogen-bond acceptors (Lipinski definition) is 3. The van der Waals surface area contributed by atoms with Crippen molar-refractivity contribution in [1.29, 1.82) is 0 Å². The fourth-order valence-electron chi connectivity index (χ4n) is 3.31. The average Bonchev–Trinajstić information content (AvgIpc) is 3.01. The van der Waals surface area contributed by atoms with Gasteiger partial charge in [-0.1, -0.05) is 18.2 Å². The minimum Gasteiger partial charge on any atom is -0.497 e. The van der Waals surface area contributed by atoms with E-state index in [0.29, 0.717) is 23.4 Å². The van der Waals surface area contributed by atoms with Gasteiger partial charge in [0.15, 0.2) is 5.78 Å². The Labute approximate surface area is 149 Å². The van der Waals surface area contributed by atoms with Gasteiger partial charge in [0, 0.05) is 34.3 Å². The SMILES string of the molecule is COc1ccc2cc(Cn3cc(C(C)=O)c4ccccc43)c(=O)[nH]c2c1. The van der Waals surface area contributed by atoms with Crippen LogP contribution in [0.25, 0.3) is 21.8 Å². The highest BCUT2D eigenvalue weighted by molar-refractivity contribution is 6.07. The summed E-state index contributed by atoms with van der Waals surface area (Å²) in [5.41, 5.74) is 2.83. The zero-order chi connectivity index (χ0) is 18.3. The summed E-state index contributed by atoms with van der Waals surface area (Å²) in [7, 11) is 1.59. The van der Waals surface area contributed by atoms with Gasteiger partial charge in [-0.25, -0.2) is 0 Å². The van der Waals surface area contributed by atoms with Crippen LogP contribution >= 0.6 is 0 Å². The predicted molar refractivity (Wildman–Crippen MR) is 102 cm³/mol. The van der Waals surface area contributed by atoms with Gasteiger partial charge in [0.1, 0.15) is 5.75 Å². The molecule has 0 atom stereocenters. The third kappa shape index (κ3) is 2.67. The molecule has 0 fully saturated rings. The van der Waals surface area contributed by atoms with Gasteiger partial charge in [-0.15, -0.1) is 0 Å². The highest BCUT2D eigenvalue weighted by Gasteiger charge is 2.13. The number of pyridine rings is 1. The minimum absolute atomic E-state index is 0.0134. The van der Waals surface area contributed by atoms with E-state index in [9.17, 15) is 9.59 Å². The van der Waals surface area contributed by atoms with Crippen LogP contribution in [0.4, 0.5) is 0 Å². The second kappa shape index (κ2) is 6.19. The van der Waals surface area contributed by atoms with Crippen LogP contribution in [0.3, 0.4) is 0 Å².